The first-order valence-corrected chi connectivity index (χ1v) is 10.1. The first-order valence-electron chi connectivity index (χ1n) is 10.1. The Balaban J connectivity index is 1.85. The molecule has 0 radical (unpaired) electrons. The highest BCUT2D eigenvalue weighted by molar-refractivity contribution is 5.79. The molecule has 1 N–H and O–H groups in total. The third kappa shape index (κ3) is 3.83. The van der Waals surface area contributed by atoms with E-state index in [2.05, 4.69) is 16.0 Å². The van der Waals surface area contributed by atoms with Gasteiger partial charge in [-0.1, -0.05) is 30.3 Å². The summed E-state index contributed by atoms with van der Waals surface area (Å²) >= 11 is 0. The van der Waals surface area contributed by atoms with E-state index < -0.39 is 5.97 Å². The number of fused-ring (bicyclic) bond motifs is 1. The summed E-state index contributed by atoms with van der Waals surface area (Å²) in [6.07, 6.45) is 3.42. The Morgan fingerprint density at radius 2 is 2.00 bits per heavy atom. The number of para-hydroxylation sites is 2. The standard InChI is InChI=1S/C24H26N2O4/c1-29-21-11-5-9-19(23(21)30-2)22(26-12-6-8-17(15-26)24(27)28)18-13-16-7-3-4-10-20(16)25-14-18/h3-5,7,9-11,13-14,17,22H,6,8,12,15H2,1-2H3,(H,27,28). The average Bonchev–Trinajstić information content (AvgIpc) is 2.79. The molecule has 6 nitrogen and oxygen atoms in total. The van der Waals surface area contributed by atoms with Crippen molar-refractivity contribution in [2.75, 3.05) is 27.3 Å². The van der Waals surface area contributed by atoms with Gasteiger partial charge in [0.15, 0.2) is 11.5 Å². The van der Waals surface area contributed by atoms with E-state index in [1.807, 2.05) is 48.7 Å². The van der Waals surface area contributed by atoms with E-state index in [0.717, 1.165) is 35.0 Å². The second-order valence-corrected chi connectivity index (χ2v) is 7.62. The van der Waals surface area contributed by atoms with E-state index in [9.17, 15) is 9.90 Å². The highest BCUT2D eigenvalue weighted by Gasteiger charge is 2.33. The number of aromatic nitrogens is 1. The Morgan fingerprint density at radius 3 is 2.77 bits per heavy atom. The number of hydrogen-bond donors (Lipinski definition) is 1. The highest BCUT2D eigenvalue weighted by Crippen LogP contribution is 2.41. The molecule has 0 amide bonds. The summed E-state index contributed by atoms with van der Waals surface area (Å²) in [7, 11) is 3.25. The number of carbonyl (C=O) groups is 1. The minimum Gasteiger partial charge on any atom is -0.493 e. The van der Waals surface area contributed by atoms with Gasteiger partial charge < -0.3 is 14.6 Å². The molecule has 4 rings (SSSR count). The Kier molecular flexibility index (Phi) is 5.86. The van der Waals surface area contributed by atoms with Crippen molar-refractivity contribution in [3.05, 3.63) is 65.9 Å². The molecule has 6 heteroatoms. The highest BCUT2D eigenvalue weighted by atomic mass is 16.5. The van der Waals surface area contributed by atoms with Gasteiger partial charge in [-0.15, -0.1) is 0 Å². The van der Waals surface area contributed by atoms with Crippen LogP contribution in [0.5, 0.6) is 11.5 Å². The second-order valence-electron chi connectivity index (χ2n) is 7.62. The first-order chi connectivity index (χ1) is 14.6. The van der Waals surface area contributed by atoms with Crippen molar-refractivity contribution in [1.82, 2.24) is 9.88 Å². The smallest absolute Gasteiger partial charge is 0.307 e. The Labute approximate surface area is 176 Å². The van der Waals surface area contributed by atoms with Crippen LogP contribution in [0.4, 0.5) is 0 Å². The van der Waals surface area contributed by atoms with E-state index in [1.54, 1.807) is 14.2 Å². The fourth-order valence-electron chi connectivity index (χ4n) is 4.39. The van der Waals surface area contributed by atoms with Crippen molar-refractivity contribution >= 4 is 16.9 Å². The minimum atomic E-state index is -0.743. The minimum absolute atomic E-state index is 0.186. The van der Waals surface area contributed by atoms with Crippen LogP contribution in [0.2, 0.25) is 0 Å². The maximum absolute atomic E-state index is 11.7. The fourth-order valence-corrected chi connectivity index (χ4v) is 4.39. The van der Waals surface area contributed by atoms with Crippen LogP contribution in [0.1, 0.15) is 30.0 Å². The molecule has 1 aromatic heterocycles. The first kappa shape index (κ1) is 20.2. The van der Waals surface area contributed by atoms with Gasteiger partial charge in [0.05, 0.1) is 31.7 Å². The number of aliphatic carboxylic acids is 1. The van der Waals surface area contributed by atoms with Crippen molar-refractivity contribution in [1.29, 1.82) is 0 Å². The van der Waals surface area contributed by atoms with Crippen LogP contribution < -0.4 is 9.47 Å². The molecule has 3 aromatic rings. The molecule has 2 unspecified atom stereocenters. The van der Waals surface area contributed by atoms with Crippen molar-refractivity contribution in [3.63, 3.8) is 0 Å². The van der Waals surface area contributed by atoms with Gasteiger partial charge in [0, 0.05) is 23.7 Å². The molecular formula is C24H26N2O4. The molecule has 2 atom stereocenters. The maximum Gasteiger partial charge on any atom is 0.307 e. The lowest BCUT2D eigenvalue weighted by atomic mass is 9.91. The summed E-state index contributed by atoms with van der Waals surface area (Å²) in [5.41, 5.74) is 2.88. The van der Waals surface area contributed by atoms with Gasteiger partial charge >= 0.3 is 5.97 Å². The van der Waals surface area contributed by atoms with Gasteiger partial charge in [-0.3, -0.25) is 14.7 Å². The van der Waals surface area contributed by atoms with Gasteiger partial charge in [0.25, 0.3) is 0 Å². The molecule has 1 aliphatic rings. The molecule has 30 heavy (non-hydrogen) atoms. The van der Waals surface area contributed by atoms with E-state index >= 15 is 0 Å². The lowest BCUT2D eigenvalue weighted by Gasteiger charge is -2.38. The number of nitrogens with zero attached hydrogens (tertiary/aromatic N) is 2. The Bertz CT molecular complexity index is 1050. The zero-order chi connectivity index (χ0) is 21.1. The molecule has 1 aliphatic heterocycles. The van der Waals surface area contributed by atoms with Crippen LogP contribution in [-0.2, 0) is 4.79 Å². The molecule has 2 aromatic carbocycles. The molecule has 1 saturated heterocycles. The van der Waals surface area contributed by atoms with E-state index in [0.29, 0.717) is 24.5 Å². The maximum atomic E-state index is 11.7. The monoisotopic (exact) mass is 406 g/mol. The van der Waals surface area contributed by atoms with E-state index in [-0.39, 0.29) is 12.0 Å². The molecule has 0 spiro atoms. The summed E-state index contributed by atoms with van der Waals surface area (Å²) < 4.78 is 11.3. The quantitative estimate of drug-likeness (QED) is 0.663. The van der Waals surface area contributed by atoms with Crippen molar-refractivity contribution in [3.8, 4) is 11.5 Å². The summed E-state index contributed by atoms with van der Waals surface area (Å²) in [4.78, 5) is 18.6. The predicted molar refractivity (Wildman–Crippen MR) is 115 cm³/mol. The number of carboxylic acids is 1. The van der Waals surface area contributed by atoms with Crippen LogP contribution in [-0.4, -0.2) is 48.3 Å². The largest absolute Gasteiger partial charge is 0.493 e. The third-order valence-corrected chi connectivity index (χ3v) is 5.82. The second kappa shape index (κ2) is 8.71. The number of benzene rings is 2. The molecule has 1 fully saturated rings. The van der Waals surface area contributed by atoms with Crippen LogP contribution in [0.3, 0.4) is 0 Å². The van der Waals surface area contributed by atoms with Gasteiger partial charge in [0.2, 0.25) is 0 Å². The number of rotatable bonds is 6. The summed E-state index contributed by atoms with van der Waals surface area (Å²) in [6, 6.07) is 15.8. The van der Waals surface area contributed by atoms with Crippen LogP contribution >= 0.6 is 0 Å². The number of hydrogen-bond acceptors (Lipinski definition) is 5. The van der Waals surface area contributed by atoms with Gasteiger partial charge in [-0.05, 0) is 43.1 Å². The zero-order valence-corrected chi connectivity index (χ0v) is 17.2. The average molecular weight is 406 g/mol. The lowest BCUT2D eigenvalue weighted by Crippen LogP contribution is -2.41. The summed E-state index contributed by atoms with van der Waals surface area (Å²) in [5.74, 6) is 0.190. The summed E-state index contributed by atoms with van der Waals surface area (Å²) in [5, 5.41) is 10.7. The number of pyridine rings is 1. The van der Waals surface area contributed by atoms with Gasteiger partial charge in [-0.2, -0.15) is 0 Å². The third-order valence-electron chi connectivity index (χ3n) is 5.82. The Morgan fingerprint density at radius 1 is 1.17 bits per heavy atom. The molecule has 0 bridgehead atoms. The predicted octanol–water partition coefficient (Wildman–Crippen LogP) is 4.14. The van der Waals surface area contributed by atoms with Crippen molar-refractivity contribution < 1.29 is 19.4 Å². The number of piperidine rings is 1. The molecule has 156 valence electrons. The van der Waals surface area contributed by atoms with Gasteiger partial charge in [-0.25, -0.2) is 0 Å². The lowest BCUT2D eigenvalue weighted by molar-refractivity contribution is -0.143. The number of methoxy groups -OCH3 is 2. The SMILES string of the molecule is COc1cccc(C(c2cnc3ccccc3c2)N2CCCC(C(=O)O)C2)c1OC. The fraction of sp³-hybridized carbons (Fsp3) is 0.333. The van der Waals surface area contributed by atoms with Gasteiger partial charge in [0.1, 0.15) is 0 Å². The summed E-state index contributed by atoms with van der Waals surface area (Å²) in [6.45, 7) is 1.29. The van der Waals surface area contributed by atoms with E-state index in [4.69, 9.17) is 9.47 Å². The Hall–Kier alpha value is -3.12. The normalized spacial score (nSPS) is 18.1. The van der Waals surface area contributed by atoms with Crippen LogP contribution in [0.25, 0.3) is 10.9 Å². The van der Waals surface area contributed by atoms with Crippen LogP contribution in [0.15, 0.2) is 54.7 Å². The molecular weight excluding hydrogens is 380 g/mol. The number of ether oxygens (including phenoxy) is 2. The molecule has 0 aliphatic carbocycles. The van der Waals surface area contributed by atoms with Crippen molar-refractivity contribution in [2.24, 2.45) is 5.92 Å². The molecule has 0 saturated carbocycles. The van der Waals surface area contributed by atoms with E-state index in [1.165, 1.54) is 0 Å². The zero-order valence-electron chi connectivity index (χ0n) is 17.2. The number of carboxylic acid groups (broad SMARTS) is 1. The van der Waals surface area contributed by atoms with Crippen LogP contribution in [0, 0.1) is 5.92 Å². The topological polar surface area (TPSA) is 71.9 Å². The molecule has 2 heterocycles. The van der Waals surface area contributed by atoms with Crippen molar-refractivity contribution in [2.45, 2.75) is 18.9 Å². The number of likely N-dealkylation sites (tertiary alicyclic amines) is 1.